The number of nitrogens with one attached hydrogen (secondary N) is 1. The van der Waals surface area contributed by atoms with E-state index < -0.39 is 0 Å². The van der Waals surface area contributed by atoms with E-state index in [0.717, 1.165) is 18.8 Å². The molecule has 1 aliphatic heterocycles. The summed E-state index contributed by atoms with van der Waals surface area (Å²) in [6.45, 7) is 8.47. The zero-order chi connectivity index (χ0) is 13.5. The Morgan fingerprint density at radius 3 is 2.89 bits per heavy atom. The van der Waals surface area contributed by atoms with Crippen LogP contribution in [0.15, 0.2) is 12.4 Å². The minimum Gasteiger partial charge on any atom is -0.478 e. The fourth-order valence-electron chi connectivity index (χ4n) is 2.35. The Hall–Kier alpha value is -1.36. The molecule has 0 amide bonds. The molecule has 1 aromatic rings. The number of ether oxygens (including phenoxy) is 1. The molecule has 0 bridgehead atoms. The van der Waals surface area contributed by atoms with Gasteiger partial charge in [-0.2, -0.15) is 0 Å². The quantitative estimate of drug-likeness (QED) is 0.818. The van der Waals surface area contributed by atoms with Crippen molar-refractivity contribution >= 4 is 5.82 Å². The Morgan fingerprint density at radius 1 is 1.37 bits per heavy atom. The molecule has 2 rings (SSSR count). The maximum absolute atomic E-state index is 5.51. The molecular weight excluding hydrogens is 240 g/mol. The Balaban J connectivity index is 1.83. The molecule has 1 fully saturated rings. The summed E-state index contributed by atoms with van der Waals surface area (Å²) in [5, 5.41) is 3.41. The molecule has 2 heterocycles. The number of hydrogen-bond donors (Lipinski definition) is 1. The van der Waals surface area contributed by atoms with Crippen LogP contribution in [-0.2, 0) is 0 Å². The van der Waals surface area contributed by atoms with Gasteiger partial charge < -0.3 is 15.0 Å². The fourth-order valence-corrected chi connectivity index (χ4v) is 2.35. The van der Waals surface area contributed by atoms with Crippen LogP contribution in [0.25, 0.3) is 0 Å². The lowest BCUT2D eigenvalue weighted by molar-refractivity contribution is 0.304. The van der Waals surface area contributed by atoms with Crippen molar-refractivity contribution in [3.63, 3.8) is 0 Å². The molecule has 0 saturated carbocycles. The molecular formula is C14H24N4O. The first kappa shape index (κ1) is 14.1. The smallest absolute Gasteiger partial charge is 0.218 e. The van der Waals surface area contributed by atoms with E-state index in [4.69, 9.17) is 4.74 Å². The van der Waals surface area contributed by atoms with Gasteiger partial charge in [0.15, 0.2) is 0 Å². The fraction of sp³-hybridized carbons (Fsp3) is 0.714. The van der Waals surface area contributed by atoms with Gasteiger partial charge in [-0.1, -0.05) is 6.92 Å². The van der Waals surface area contributed by atoms with Crippen molar-refractivity contribution in [3.05, 3.63) is 12.4 Å². The van der Waals surface area contributed by atoms with Crippen LogP contribution in [0.1, 0.15) is 33.1 Å². The predicted molar refractivity (Wildman–Crippen MR) is 76.6 cm³/mol. The van der Waals surface area contributed by atoms with E-state index in [-0.39, 0.29) is 0 Å². The van der Waals surface area contributed by atoms with Gasteiger partial charge in [0, 0.05) is 18.7 Å². The average molecular weight is 264 g/mol. The van der Waals surface area contributed by atoms with E-state index in [9.17, 15) is 0 Å². The largest absolute Gasteiger partial charge is 0.478 e. The van der Waals surface area contributed by atoms with Crippen molar-refractivity contribution in [1.82, 2.24) is 14.9 Å². The van der Waals surface area contributed by atoms with Crippen LogP contribution in [0.2, 0.25) is 0 Å². The SMILES string of the molecule is CCCOc1cc(NC(C)CN2CCCC2)ncn1. The van der Waals surface area contributed by atoms with Crippen molar-refractivity contribution in [2.45, 2.75) is 39.2 Å². The Kier molecular flexibility index (Phi) is 5.39. The van der Waals surface area contributed by atoms with Gasteiger partial charge in [0.2, 0.25) is 5.88 Å². The minimum absolute atomic E-state index is 0.382. The molecule has 1 saturated heterocycles. The normalized spacial score (nSPS) is 17.4. The molecule has 0 aromatic carbocycles. The van der Waals surface area contributed by atoms with Gasteiger partial charge >= 0.3 is 0 Å². The highest BCUT2D eigenvalue weighted by Crippen LogP contribution is 2.13. The molecule has 19 heavy (non-hydrogen) atoms. The summed E-state index contributed by atoms with van der Waals surface area (Å²) in [7, 11) is 0. The number of aromatic nitrogens is 2. The third-order valence-corrected chi connectivity index (χ3v) is 3.22. The second-order valence-corrected chi connectivity index (χ2v) is 5.14. The maximum atomic E-state index is 5.51. The number of likely N-dealkylation sites (tertiary alicyclic amines) is 1. The van der Waals surface area contributed by atoms with E-state index in [1.807, 2.05) is 6.07 Å². The zero-order valence-electron chi connectivity index (χ0n) is 11.9. The molecule has 1 aromatic heterocycles. The minimum atomic E-state index is 0.382. The molecule has 1 atom stereocenters. The molecule has 1 aliphatic rings. The van der Waals surface area contributed by atoms with Gasteiger partial charge in [-0.05, 0) is 39.3 Å². The highest BCUT2D eigenvalue weighted by atomic mass is 16.5. The molecule has 1 N–H and O–H groups in total. The monoisotopic (exact) mass is 264 g/mol. The predicted octanol–water partition coefficient (Wildman–Crippen LogP) is 2.16. The Labute approximate surface area is 115 Å². The number of nitrogens with zero attached hydrogens (tertiary/aromatic N) is 3. The summed E-state index contributed by atoms with van der Waals surface area (Å²) < 4.78 is 5.51. The number of rotatable bonds is 7. The molecule has 0 spiro atoms. The van der Waals surface area contributed by atoms with Crippen LogP contribution in [0.4, 0.5) is 5.82 Å². The van der Waals surface area contributed by atoms with Crippen molar-refractivity contribution in [3.8, 4) is 5.88 Å². The number of anilines is 1. The second kappa shape index (κ2) is 7.28. The third kappa shape index (κ3) is 4.67. The lowest BCUT2D eigenvalue weighted by Gasteiger charge is -2.21. The summed E-state index contributed by atoms with van der Waals surface area (Å²) in [4.78, 5) is 10.8. The van der Waals surface area contributed by atoms with Crippen LogP contribution in [0.3, 0.4) is 0 Å². The number of hydrogen-bond acceptors (Lipinski definition) is 5. The molecule has 0 radical (unpaired) electrons. The third-order valence-electron chi connectivity index (χ3n) is 3.22. The summed E-state index contributed by atoms with van der Waals surface area (Å²) in [5.41, 5.74) is 0. The highest BCUT2D eigenvalue weighted by molar-refractivity contribution is 5.38. The first-order valence-corrected chi connectivity index (χ1v) is 7.21. The Bertz CT molecular complexity index is 379. The van der Waals surface area contributed by atoms with E-state index in [2.05, 4.69) is 34.0 Å². The van der Waals surface area contributed by atoms with Crippen LogP contribution < -0.4 is 10.1 Å². The van der Waals surface area contributed by atoms with Crippen molar-refractivity contribution in [1.29, 1.82) is 0 Å². The van der Waals surface area contributed by atoms with Crippen molar-refractivity contribution < 1.29 is 4.74 Å². The van der Waals surface area contributed by atoms with Crippen molar-refractivity contribution in [2.24, 2.45) is 0 Å². The van der Waals surface area contributed by atoms with Gasteiger partial charge in [-0.25, -0.2) is 9.97 Å². The summed E-state index contributed by atoms with van der Waals surface area (Å²) in [5.74, 6) is 1.49. The molecule has 5 heteroatoms. The zero-order valence-corrected chi connectivity index (χ0v) is 11.9. The van der Waals surface area contributed by atoms with Gasteiger partial charge in [-0.3, -0.25) is 0 Å². The van der Waals surface area contributed by atoms with Gasteiger partial charge in [0.25, 0.3) is 0 Å². The highest BCUT2D eigenvalue weighted by Gasteiger charge is 2.14. The molecule has 0 aliphatic carbocycles. The van der Waals surface area contributed by atoms with E-state index >= 15 is 0 Å². The van der Waals surface area contributed by atoms with Crippen LogP contribution in [-0.4, -0.2) is 47.2 Å². The van der Waals surface area contributed by atoms with Gasteiger partial charge in [0.1, 0.15) is 12.1 Å². The summed E-state index contributed by atoms with van der Waals surface area (Å²) in [6.07, 6.45) is 5.19. The first-order chi connectivity index (χ1) is 9.28. The lowest BCUT2D eigenvalue weighted by atomic mass is 10.3. The van der Waals surface area contributed by atoms with E-state index in [1.54, 1.807) is 6.33 Å². The average Bonchev–Trinajstić information content (AvgIpc) is 2.89. The van der Waals surface area contributed by atoms with Crippen LogP contribution in [0, 0.1) is 0 Å². The van der Waals surface area contributed by atoms with Crippen molar-refractivity contribution in [2.75, 3.05) is 31.6 Å². The van der Waals surface area contributed by atoms with Gasteiger partial charge in [0.05, 0.1) is 6.61 Å². The summed E-state index contributed by atoms with van der Waals surface area (Å²) >= 11 is 0. The standard InChI is InChI=1S/C14H24N4O/c1-3-8-19-14-9-13(15-11-16-14)17-12(2)10-18-6-4-5-7-18/h9,11-12H,3-8,10H2,1-2H3,(H,15,16,17). The van der Waals surface area contributed by atoms with Crippen LogP contribution in [0.5, 0.6) is 5.88 Å². The van der Waals surface area contributed by atoms with Gasteiger partial charge in [-0.15, -0.1) is 0 Å². The second-order valence-electron chi connectivity index (χ2n) is 5.14. The first-order valence-electron chi connectivity index (χ1n) is 7.21. The Morgan fingerprint density at radius 2 is 2.16 bits per heavy atom. The lowest BCUT2D eigenvalue weighted by Crippen LogP contribution is -2.33. The van der Waals surface area contributed by atoms with Crippen LogP contribution >= 0.6 is 0 Å². The molecule has 5 nitrogen and oxygen atoms in total. The maximum Gasteiger partial charge on any atom is 0.218 e. The summed E-state index contributed by atoms with van der Waals surface area (Å²) in [6, 6.07) is 2.25. The van der Waals surface area contributed by atoms with E-state index in [1.165, 1.54) is 25.9 Å². The van der Waals surface area contributed by atoms with E-state index in [0.29, 0.717) is 18.5 Å². The topological polar surface area (TPSA) is 50.3 Å². The molecule has 1 unspecified atom stereocenters. The molecule has 106 valence electrons.